The molecule has 0 bridgehead atoms. The van der Waals surface area contributed by atoms with E-state index in [2.05, 4.69) is 18.7 Å². The maximum absolute atomic E-state index is 10.9. The zero-order chi connectivity index (χ0) is 15.4. The Morgan fingerprint density at radius 1 is 1.38 bits per heavy atom. The summed E-state index contributed by atoms with van der Waals surface area (Å²) in [6, 6.07) is 5.28. The highest BCUT2D eigenvalue weighted by Gasteiger charge is 2.23. The monoisotopic (exact) mass is 292 g/mol. The maximum atomic E-state index is 10.9. The topological polar surface area (TPSA) is 55.6 Å². The van der Waals surface area contributed by atoms with Crippen molar-refractivity contribution in [3.63, 3.8) is 0 Å². The lowest BCUT2D eigenvalue weighted by atomic mass is 9.89. The molecule has 1 aliphatic heterocycles. The SMILES string of the molecule is COc1cc(C2CCN(CC(C)C)CC2)ccc1[N+](=O)[O-]. The van der Waals surface area contributed by atoms with E-state index in [1.165, 1.54) is 7.11 Å². The predicted octanol–water partition coefficient (Wildman–Crippen LogP) is 3.44. The Balaban J connectivity index is 2.05. The number of methoxy groups -OCH3 is 1. The second-order valence-electron chi connectivity index (χ2n) is 6.16. The van der Waals surface area contributed by atoms with Gasteiger partial charge in [-0.15, -0.1) is 0 Å². The Labute approximate surface area is 126 Å². The summed E-state index contributed by atoms with van der Waals surface area (Å²) in [6.07, 6.45) is 2.21. The minimum atomic E-state index is -0.395. The summed E-state index contributed by atoms with van der Waals surface area (Å²) >= 11 is 0. The molecule has 5 heteroatoms. The summed E-state index contributed by atoms with van der Waals surface area (Å²) in [5.41, 5.74) is 1.19. The molecule has 1 fully saturated rings. The van der Waals surface area contributed by atoms with E-state index in [1.54, 1.807) is 6.07 Å². The van der Waals surface area contributed by atoms with Crippen LogP contribution in [-0.2, 0) is 0 Å². The molecule has 0 aliphatic carbocycles. The van der Waals surface area contributed by atoms with E-state index in [4.69, 9.17) is 4.74 Å². The fourth-order valence-corrected chi connectivity index (χ4v) is 3.06. The summed E-state index contributed by atoms with van der Waals surface area (Å²) in [6.45, 7) is 7.83. The molecule has 0 amide bonds. The van der Waals surface area contributed by atoms with E-state index in [0.717, 1.165) is 38.0 Å². The van der Waals surface area contributed by atoms with E-state index in [-0.39, 0.29) is 5.69 Å². The highest BCUT2D eigenvalue weighted by Crippen LogP contribution is 2.34. The van der Waals surface area contributed by atoms with Crippen LogP contribution in [0.15, 0.2) is 18.2 Å². The number of likely N-dealkylation sites (tertiary alicyclic amines) is 1. The third kappa shape index (κ3) is 3.94. The van der Waals surface area contributed by atoms with Gasteiger partial charge in [-0.25, -0.2) is 0 Å². The van der Waals surface area contributed by atoms with Gasteiger partial charge in [-0.2, -0.15) is 0 Å². The lowest BCUT2D eigenvalue weighted by Gasteiger charge is -2.33. The molecule has 0 unspecified atom stereocenters. The van der Waals surface area contributed by atoms with Gasteiger partial charge in [0.15, 0.2) is 5.75 Å². The predicted molar refractivity (Wildman–Crippen MR) is 82.9 cm³/mol. The first-order valence-electron chi connectivity index (χ1n) is 7.56. The number of ether oxygens (including phenoxy) is 1. The summed E-state index contributed by atoms with van der Waals surface area (Å²) in [5.74, 6) is 1.53. The average Bonchev–Trinajstić information content (AvgIpc) is 2.46. The van der Waals surface area contributed by atoms with E-state index < -0.39 is 4.92 Å². The molecule has 0 radical (unpaired) electrons. The molecule has 1 aromatic carbocycles. The zero-order valence-corrected chi connectivity index (χ0v) is 13.0. The van der Waals surface area contributed by atoms with Gasteiger partial charge in [0.2, 0.25) is 0 Å². The largest absolute Gasteiger partial charge is 0.490 e. The van der Waals surface area contributed by atoms with Gasteiger partial charge in [0, 0.05) is 12.6 Å². The summed E-state index contributed by atoms with van der Waals surface area (Å²) in [4.78, 5) is 13.0. The maximum Gasteiger partial charge on any atom is 0.310 e. The summed E-state index contributed by atoms with van der Waals surface area (Å²) < 4.78 is 5.16. The van der Waals surface area contributed by atoms with E-state index in [0.29, 0.717) is 17.6 Å². The van der Waals surface area contributed by atoms with Crippen molar-refractivity contribution in [2.24, 2.45) is 5.92 Å². The molecule has 0 atom stereocenters. The van der Waals surface area contributed by atoms with Crippen LogP contribution in [0, 0.1) is 16.0 Å². The third-order valence-corrected chi connectivity index (χ3v) is 4.08. The van der Waals surface area contributed by atoms with Crippen molar-refractivity contribution < 1.29 is 9.66 Å². The number of piperidine rings is 1. The molecule has 0 spiro atoms. The second-order valence-corrected chi connectivity index (χ2v) is 6.16. The molecule has 1 heterocycles. The molecule has 0 saturated carbocycles. The van der Waals surface area contributed by atoms with Crippen LogP contribution < -0.4 is 4.74 Å². The first kappa shape index (κ1) is 15.8. The smallest absolute Gasteiger partial charge is 0.310 e. The van der Waals surface area contributed by atoms with Gasteiger partial charge in [-0.1, -0.05) is 19.9 Å². The van der Waals surface area contributed by atoms with Gasteiger partial charge in [-0.3, -0.25) is 10.1 Å². The Bertz CT molecular complexity index is 494. The number of rotatable bonds is 5. The number of nitrogens with zero attached hydrogens (tertiary/aromatic N) is 2. The summed E-state index contributed by atoms with van der Waals surface area (Å²) in [7, 11) is 1.48. The number of benzene rings is 1. The van der Waals surface area contributed by atoms with Crippen molar-refractivity contribution in [2.75, 3.05) is 26.7 Å². The molecule has 1 aliphatic rings. The molecule has 2 rings (SSSR count). The van der Waals surface area contributed by atoms with Crippen LogP contribution in [0.25, 0.3) is 0 Å². The van der Waals surface area contributed by atoms with Crippen LogP contribution in [0.1, 0.15) is 38.2 Å². The molecule has 1 saturated heterocycles. The van der Waals surface area contributed by atoms with Crippen LogP contribution in [0.3, 0.4) is 0 Å². The first-order valence-corrected chi connectivity index (χ1v) is 7.56. The quantitative estimate of drug-likeness (QED) is 0.616. The third-order valence-electron chi connectivity index (χ3n) is 4.08. The lowest BCUT2D eigenvalue weighted by molar-refractivity contribution is -0.385. The van der Waals surface area contributed by atoms with Crippen LogP contribution in [0.4, 0.5) is 5.69 Å². The minimum absolute atomic E-state index is 0.0403. The van der Waals surface area contributed by atoms with Gasteiger partial charge in [0.1, 0.15) is 0 Å². The van der Waals surface area contributed by atoms with Crippen molar-refractivity contribution >= 4 is 5.69 Å². The van der Waals surface area contributed by atoms with Crippen LogP contribution in [0.2, 0.25) is 0 Å². The van der Waals surface area contributed by atoms with E-state index >= 15 is 0 Å². The Kier molecular flexibility index (Phi) is 5.17. The number of nitro benzene ring substituents is 1. The molecular formula is C16H24N2O3. The number of hydrogen-bond donors (Lipinski definition) is 0. The molecule has 0 N–H and O–H groups in total. The van der Waals surface area contributed by atoms with Crippen molar-refractivity contribution in [3.8, 4) is 5.75 Å². The fourth-order valence-electron chi connectivity index (χ4n) is 3.06. The van der Waals surface area contributed by atoms with Gasteiger partial charge in [0.25, 0.3) is 0 Å². The highest BCUT2D eigenvalue weighted by molar-refractivity contribution is 5.49. The van der Waals surface area contributed by atoms with Gasteiger partial charge < -0.3 is 9.64 Å². The van der Waals surface area contributed by atoms with Gasteiger partial charge in [0.05, 0.1) is 12.0 Å². The Morgan fingerprint density at radius 2 is 2.05 bits per heavy atom. The minimum Gasteiger partial charge on any atom is -0.490 e. The first-order chi connectivity index (χ1) is 10.0. The van der Waals surface area contributed by atoms with Gasteiger partial charge >= 0.3 is 5.69 Å². The van der Waals surface area contributed by atoms with Gasteiger partial charge in [-0.05, 0) is 49.4 Å². The number of nitro groups is 1. The van der Waals surface area contributed by atoms with Crippen LogP contribution >= 0.6 is 0 Å². The fraction of sp³-hybridized carbons (Fsp3) is 0.625. The normalized spacial score (nSPS) is 17.1. The zero-order valence-electron chi connectivity index (χ0n) is 13.0. The average molecular weight is 292 g/mol. The standard InChI is InChI=1S/C16H24N2O3/c1-12(2)11-17-8-6-13(7-9-17)14-4-5-15(18(19)20)16(10-14)21-3/h4-5,10,12-13H,6-9,11H2,1-3H3. The lowest BCUT2D eigenvalue weighted by Crippen LogP contribution is -2.35. The molecule has 116 valence electrons. The second kappa shape index (κ2) is 6.89. The van der Waals surface area contributed by atoms with Crippen molar-refractivity contribution in [1.82, 2.24) is 4.90 Å². The van der Waals surface area contributed by atoms with Crippen LogP contribution in [0.5, 0.6) is 5.75 Å². The molecule has 5 nitrogen and oxygen atoms in total. The van der Waals surface area contributed by atoms with E-state index in [1.807, 2.05) is 12.1 Å². The number of hydrogen-bond acceptors (Lipinski definition) is 4. The molecule has 21 heavy (non-hydrogen) atoms. The molecular weight excluding hydrogens is 268 g/mol. The molecule has 0 aromatic heterocycles. The van der Waals surface area contributed by atoms with Crippen LogP contribution in [-0.4, -0.2) is 36.6 Å². The van der Waals surface area contributed by atoms with Crippen molar-refractivity contribution in [1.29, 1.82) is 0 Å². The molecule has 1 aromatic rings. The Morgan fingerprint density at radius 3 is 2.57 bits per heavy atom. The van der Waals surface area contributed by atoms with E-state index in [9.17, 15) is 10.1 Å². The Hall–Kier alpha value is -1.62. The summed E-state index contributed by atoms with van der Waals surface area (Å²) in [5, 5.41) is 10.9. The highest BCUT2D eigenvalue weighted by atomic mass is 16.6. The van der Waals surface area contributed by atoms with Crippen molar-refractivity contribution in [2.45, 2.75) is 32.6 Å². The van der Waals surface area contributed by atoms with Crippen molar-refractivity contribution in [3.05, 3.63) is 33.9 Å².